The number of para-hydroxylation sites is 1. The van der Waals surface area contributed by atoms with E-state index >= 15 is 0 Å². The Morgan fingerprint density at radius 1 is 1.12 bits per heavy atom. The number of benzene rings is 2. The standard InChI is InChI=1S/C21H20N2O3/c1-26-21(25)19(13-16-14-22-18-10-6-5-9-17(16)18)23-20(24)12-11-15-7-3-2-4-8-15/h2-12,14,19,22H,13H2,1H3,(H,23,24)/t19-/m0/s1. The first-order valence-electron chi connectivity index (χ1n) is 8.34. The zero-order chi connectivity index (χ0) is 18.4. The van der Waals surface area contributed by atoms with Crippen LogP contribution in [0.4, 0.5) is 0 Å². The van der Waals surface area contributed by atoms with Crippen LogP contribution in [0, 0.1) is 0 Å². The highest BCUT2D eigenvalue weighted by molar-refractivity contribution is 5.95. The van der Waals surface area contributed by atoms with Crippen LogP contribution < -0.4 is 5.32 Å². The maximum atomic E-state index is 12.2. The molecule has 0 bridgehead atoms. The lowest BCUT2D eigenvalue weighted by molar-refractivity contribution is -0.144. The molecule has 1 atom stereocenters. The number of rotatable bonds is 6. The lowest BCUT2D eigenvalue weighted by Gasteiger charge is -2.15. The Bertz CT molecular complexity index is 929. The first-order valence-corrected chi connectivity index (χ1v) is 8.34. The summed E-state index contributed by atoms with van der Waals surface area (Å²) in [4.78, 5) is 27.5. The summed E-state index contributed by atoms with van der Waals surface area (Å²) in [5.41, 5.74) is 2.85. The maximum Gasteiger partial charge on any atom is 0.328 e. The van der Waals surface area contributed by atoms with Gasteiger partial charge in [0.15, 0.2) is 0 Å². The van der Waals surface area contributed by atoms with Crippen molar-refractivity contribution in [2.45, 2.75) is 12.5 Å². The van der Waals surface area contributed by atoms with Crippen LogP contribution in [-0.4, -0.2) is 30.0 Å². The van der Waals surface area contributed by atoms with Gasteiger partial charge in [-0.3, -0.25) is 4.79 Å². The van der Waals surface area contributed by atoms with Crippen LogP contribution >= 0.6 is 0 Å². The molecular formula is C21H20N2O3. The molecule has 1 heterocycles. The van der Waals surface area contributed by atoms with Crippen molar-refractivity contribution in [2.24, 2.45) is 0 Å². The highest BCUT2D eigenvalue weighted by Gasteiger charge is 2.22. The SMILES string of the molecule is COC(=O)[C@H](Cc1c[nH]c2ccccc12)NC(=O)C=Cc1ccccc1. The zero-order valence-electron chi connectivity index (χ0n) is 14.4. The van der Waals surface area contributed by atoms with Crippen molar-refractivity contribution in [1.82, 2.24) is 10.3 Å². The zero-order valence-corrected chi connectivity index (χ0v) is 14.4. The number of nitrogens with one attached hydrogen (secondary N) is 2. The van der Waals surface area contributed by atoms with E-state index in [0.717, 1.165) is 22.0 Å². The van der Waals surface area contributed by atoms with Gasteiger partial charge in [0, 0.05) is 29.6 Å². The number of hydrogen-bond donors (Lipinski definition) is 2. The fraction of sp³-hybridized carbons (Fsp3) is 0.143. The highest BCUT2D eigenvalue weighted by atomic mass is 16.5. The molecule has 2 N–H and O–H groups in total. The van der Waals surface area contributed by atoms with Crippen LogP contribution in [0.15, 0.2) is 66.9 Å². The van der Waals surface area contributed by atoms with Gasteiger partial charge in [0.2, 0.25) is 5.91 Å². The Balaban J connectivity index is 1.73. The van der Waals surface area contributed by atoms with Gasteiger partial charge in [-0.25, -0.2) is 4.79 Å². The molecule has 5 nitrogen and oxygen atoms in total. The summed E-state index contributed by atoms with van der Waals surface area (Å²) in [5.74, 6) is -0.819. The van der Waals surface area contributed by atoms with Gasteiger partial charge in [-0.2, -0.15) is 0 Å². The molecule has 0 spiro atoms. The Labute approximate surface area is 151 Å². The number of aromatic amines is 1. The molecule has 132 valence electrons. The van der Waals surface area contributed by atoms with Crippen molar-refractivity contribution in [3.63, 3.8) is 0 Å². The monoisotopic (exact) mass is 348 g/mol. The third kappa shape index (κ3) is 4.19. The van der Waals surface area contributed by atoms with Gasteiger partial charge in [-0.1, -0.05) is 48.5 Å². The second-order valence-electron chi connectivity index (χ2n) is 5.89. The predicted octanol–water partition coefficient (Wildman–Crippen LogP) is 3.08. The van der Waals surface area contributed by atoms with Crippen molar-refractivity contribution < 1.29 is 14.3 Å². The lowest BCUT2D eigenvalue weighted by atomic mass is 10.0. The number of aromatic nitrogens is 1. The van der Waals surface area contributed by atoms with E-state index in [4.69, 9.17) is 4.74 Å². The summed E-state index contributed by atoms with van der Waals surface area (Å²) in [6.45, 7) is 0. The molecule has 3 rings (SSSR count). The number of esters is 1. The van der Waals surface area contributed by atoms with Gasteiger partial charge in [0.25, 0.3) is 0 Å². The number of ether oxygens (including phenoxy) is 1. The molecule has 5 heteroatoms. The van der Waals surface area contributed by atoms with Gasteiger partial charge in [-0.15, -0.1) is 0 Å². The van der Waals surface area contributed by atoms with Gasteiger partial charge in [0.1, 0.15) is 6.04 Å². The van der Waals surface area contributed by atoms with Crippen LogP contribution in [-0.2, 0) is 20.7 Å². The van der Waals surface area contributed by atoms with Gasteiger partial charge < -0.3 is 15.0 Å². The molecular weight excluding hydrogens is 328 g/mol. The Hall–Kier alpha value is -3.34. The van der Waals surface area contributed by atoms with E-state index in [1.165, 1.54) is 13.2 Å². The topological polar surface area (TPSA) is 71.2 Å². The number of H-pyrrole nitrogens is 1. The van der Waals surface area contributed by atoms with Crippen molar-refractivity contribution >= 4 is 28.9 Å². The van der Waals surface area contributed by atoms with E-state index in [1.54, 1.807) is 6.08 Å². The molecule has 1 amide bonds. The summed E-state index contributed by atoms with van der Waals surface area (Å²) in [6.07, 6.45) is 5.32. The molecule has 3 aromatic rings. The van der Waals surface area contributed by atoms with Crippen molar-refractivity contribution in [1.29, 1.82) is 0 Å². The molecule has 0 unspecified atom stereocenters. The quantitative estimate of drug-likeness (QED) is 0.531. The Morgan fingerprint density at radius 3 is 2.62 bits per heavy atom. The molecule has 0 radical (unpaired) electrons. The van der Waals surface area contributed by atoms with E-state index in [-0.39, 0.29) is 5.91 Å². The number of carbonyl (C=O) groups excluding carboxylic acids is 2. The summed E-state index contributed by atoms with van der Waals surface area (Å²) in [5, 5.41) is 3.75. The van der Waals surface area contributed by atoms with Crippen molar-refractivity contribution in [3.05, 3.63) is 78.0 Å². The smallest absolute Gasteiger partial charge is 0.328 e. The van der Waals surface area contributed by atoms with Crippen LogP contribution in [0.25, 0.3) is 17.0 Å². The summed E-state index contributed by atoms with van der Waals surface area (Å²) < 4.78 is 4.85. The molecule has 0 fully saturated rings. The number of carbonyl (C=O) groups is 2. The number of hydrogen-bond acceptors (Lipinski definition) is 3. The fourth-order valence-corrected chi connectivity index (χ4v) is 2.81. The minimum absolute atomic E-state index is 0.343. The largest absolute Gasteiger partial charge is 0.467 e. The molecule has 0 aliphatic carbocycles. The van der Waals surface area contributed by atoms with E-state index < -0.39 is 12.0 Å². The third-order valence-corrected chi connectivity index (χ3v) is 4.13. The predicted molar refractivity (Wildman–Crippen MR) is 101 cm³/mol. The Morgan fingerprint density at radius 2 is 1.85 bits per heavy atom. The first-order chi connectivity index (χ1) is 12.7. The van der Waals surface area contributed by atoms with Gasteiger partial charge in [0.05, 0.1) is 7.11 Å². The van der Waals surface area contributed by atoms with Crippen LogP contribution in [0.2, 0.25) is 0 Å². The van der Waals surface area contributed by atoms with Crippen LogP contribution in [0.3, 0.4) is 0 Å². The Kier molecular flexibility index (Phi) is 5.49. The second-order valence-corrected chi connectivity index (χ2v) is 5.89. The van der Waals surface area contributed by atoms with E-state index in [0.29, 0.717) is 6.42 Å². The molecule has 0 saturated carbocycles. The first kappa shape index (κ1) is 17.5. The molecule has 0 aliphatic rings. The van der Waals surface area contributed by atoms with E-state index in [9.17, 15) is 9.59 Å². The van der Waals surface area contributed by atoms with Crippen molar-refractivity contribution in [2.75, 3.05) is 7.11 Å². The molecule has 1 aromatic heterocycles. The number of methoxy groups -OCH3 is 1. The molecule has 2 aromatic carbocycles. The highest BCUT2D eigenvalue weighted by Crippen LogP contribution is 2.19. The minimum Gasteiger partial charge on any atom is -0.467 e. The van der Waals surface area contributed by atoms with Gasteiger partial charge in [-0.05, 0) is 23.3 Å². The summed E-state index contributed by atoms with van der Waals surface area (Å²) >= 11 is 0. The van der Waals surface area contributed by atoms with Crippen molar-refractivity contribution in [3.8, 4) is 0 Å². The van der Waals surface area contributed by atoms with Crippen LogP contribution in [0.1, 0.15) is 11.1 Å². The van der Waals surface area contributed by atoms with Gasteiger partial charge >= 0.3 is 5.97 Å². The number of amides is 1. The van der Waals surface area contributed by atoms with E-state index in [1.807, 2.05) is 60.8 Å². The lowest BCUT2D eigenvalue weighted by Crippen LogP contribution is -2.42. The second kappa shape index (κ2) is 8.16. The normalized spacial score (nSPS) is 12.2. The number of fused-ring (bicyclic) bond motifs is 1. The average Bonchev–Trinajstić information content (AvgIpc) is 3.09. The molecule has 26 heavy (non-hydrogen) atoms. The summed E-state index contributed by atoms with van der Waals surface area (Å²) in [7, 11) is 1.32. The van der Waals surface area contributed by atoms with E-state index in [2.05, 4.69) is 10.3 Å². The average molecular weight is 348 g/mol. The summed E-state index contributed by atoms with van der Waals surface area (Å²) in [6, 6.07) is 16.6. The molecule has 0 aliphatic heterocycles. The maximum absolute atomic E-state index is 12.2. The fourth-order valence-electron chi connectivity index (χ4n) is 2.81. The third-order valence-electron chi connectivity index (χ3n) is 4.13. The minimum atomic E-state index is -0.757. The molecule has 0 saturated heterocycles. The van der Waals surface area contributed by atoms with Crippen LogP contribution in [0.5, 0.6) is 0 Å².